The van der Waals surface area contributed by atoms with Gasteiger partial charge in [0.2, 0.25) is 5.95 Å². The first kappa shape index (κ1) is 21.1. The number of aromatic nitrogens is 6. The molecule has 0 fully saturated rings. The van der Waals surface area contributed by atoms with E-state index in [2.05, 4.69) is 25.4 Å². The fourth-order valence-electron chi connectivity index (χ4n) is 3.00. The normalized spacial score (nSPS) is 10.7. The number of carbonyl (C=O) groups is 1. The van der Waals surface area contributed by atoms with Crippen molar-refractivity contribution < 1.29 is 14.3 Å². The molecule has 2 N–H and O–H groups in total. The van der Waals surface area contributed by atoms with Gasteiger partial charge >= 0.3 is 0 Å². The van der Waals surface area contributed by atoms with Crippen molar-refractivity contribution in [1.82, 2.24) is 29.1 Å². The molecule has 1 amide bonds. The summed E-state index contributed by atoms with van der Waals surface area (Å²) in [6, 6.07) is 7.63. The number of hydrogen-bond acceptors (Lipinski definition) is 6. The fraction of sp³-hybridized carbons (Fsp3) is 0.182. The quantitative estimate of drug-likeness (QED) is 0.464. The molecule has 0 aliphatic rings. The molecule has 0 spiro atoms. The number of amides is 1. The lowest BCUT2D eigenvalue weighted by atomic mass is 10.1. The number of hydrogen-bond donors (Lipinski definition) is 2. The van der Waals surface area contributed by atoms with Gasteiger partial charge in [0.05, 0.1) is 32.0 Å². The van der Waals surface area contributed by atoms with Gasteiger partial charge in [-0.15, -0.1) is 0 Å². The van der Waals surface area contributed by atoms with Gasteiger partial charge in [-0.3, -0.25) is 14.8 Å². The highest BCUT2D eigenvalue weighted by atomic mass is 16.5. The Hall–Kier alpha value is -4.18. The van der Waals surface area contributed by atoms with Gasteiger partial charge in [0.1, 0.15) is 11.4 Å². The summed E-state index contributed by atoms with van der Waals surface area (Å²) >= 11 is 0. The van der Waals surface area contributed by atoms with Crippen LogP contribution in [0.1, 0.15) is 10.4 Å². The second kappa shape index (κ2) is 9.75. The second-order valence-corrected chi connectivity index (χ2v) is 6.84. The third kappa shape index (κ3) is 4.93. The molecule has 0 aliphatic carbocycles. The van der Waals surface area contributed by atoms with Gasteiger partial charge in [-0.1, -0.05) is 0 Å². The lowest BCUT2D eigenvalue weighted by Gasteiger charge is -2.02. The largest absolute Gasteiger partial charge is 0.495 e. The molecule has 0 atom stereocenters. The van der Waals surface area contributed by atoms with Crippen molar-refractivity contribution in [1.29, 1.82) is 0 Å². The lowest BCUT2D eigenvalue weighted by molar-refractivity contribution is 0.102. The Morgan fingerprint density at radius 3 is 2.88 bits per heavy atom. The second-order valence-electron chi connectivity index (χ2n) is 6.84. The van der Waals surface area contributed by atoms with Gasteiger partial charge < -0.3 is 18.9 Å². The number of rotatable bonds is 7. The fourth-order valence-corrected chi connectivity index (χ4v) is 3.00. The highest BCUT2D eigenvalue weighted by Gasteiger charge is 2.10. The first-order valence-corrected chi connectivity index (χ1v) is 9.89. The molecular weight excluding hydrogens is 410 g/mol. The minimum Gasteiger partial charge on any atom is -0.495 e. The van der Waals surface area contributed by atoms with E-state index in [4.69, 9.17) is 9.47 Å². The van der Waals surface area contributed by atoms with Crippen LogP contribution in [-0.2, 0) is 11.3 Å². The molecule has 0 radical (unpaired) electrons. The van der Waals surface area contributed by atoms with Crippen LogP contribution in [-0.4, -0.2) is 55.9 Å². The predicted molar refractivity (Wildman–Crippen MR) is 119 cm³/mol. The SMILES string of the molecule is COCCn1cc(C(=O)Nc2ncc(-c3ccn4ccnc4c3)ccc(OC)c[nH]2)cn1. The monoisotopic (exact) mass is 433 g/mol. The van der Waals surface area contributed by atoms with Crippen LogP contribution in [0.4, 0.5) is 5.95 Å². The Morgan fingerprint density at radius 1 is 1.12 bits per heavy atom. The first-order chi connectivity index (χ1) is 15.7. The van der Waals surface area contributed by atoms with Crippen LogP contribution in [0.3, 0.4) is 0 Å². The number of ether oxygens (including phenoxy) is 2. The number of aromatic amines is 1. The summed E-state index contributed by atoms with van der Waals surface area (Å²) in [6.45, 7) is 1.06. The number of methoxy groups -OCH3 is 2. The van der Waals surface area contributed by atoms with E-state index >= 15 is 0 Å². The van der Waals surface area contributed by atoms with E-state index in [-0.39, 0.29) is 11.9 Å². The molecule has 0 unspecified atom stereocenters. The molecule has 10 nitrogen and oxygen atoms in total. The third-order valence-corrected chi connectivity index (χ3v) is 4.73. The topological polar surface area (TPSA) is 111 Å². The number of carbonyl (C=O) groups excluding carboxylic acids is 1. The average Bonchev–Trinajstić information content (AvgIpc) is 3.48. The maximum Gasteiger partial charge on any atom is 0.261 e. The van der Waals surface area contributed by atoms with Crippen LogP contribution < -0.4 is 10.1 Å². The molecular formula is C22H23N7O3. The van der Waals surface area contributed by atoms with Crippen molar-refractivity contribution in [2.75, 3.05) is 26.1 Å². The maximum atomic E-state index is 12.7. The molecule has 10 heteroatoms. The molecule has 0 saturated heterocycles. The summed E-state index contributed by atoms with van der Waals surface area (Å²) < 4.78 is 14.0. The van der Waals surface area contributed by atoms with Crippen LogP contribution in [0.5, 0.6) is 5.75 Å². The Bertz CT molecular complexity index is 1270. The Balaban J connectivity index is 1.65. The van der Waals surface area contributed by atoms with Gasteiger partial charge in [-0.05, 0) is 29.8 Å². The lowest BCUT2D eigenvalue weighted by Crippen LogP contribution is -2.13. The predicted octanol–water partition coefficient (Wildman–Crippen LogP) is 2.95. The van der Waals surface area contributed by atoms with Crippen LogP contribution in [0, 0.1) is 0 Å². The number of nitrogens with zero attached hydrogens (tertiary/aromatic N) is 5. The third-order valence-electron chi connectivity index (χ3n) is 4.73. The Morgan fingerprint density at radius 2 is 2.03 bits per heavy atom. The number of imidazole rings is 1. The van der Waals surface area contributed by atoms with E-state index in [1.807, 2.05) is 41.1 Å². The van der Waals surface area contributed by atoms with Crippen molar-refractivity contribution in [3.05, 3.63) is 73.2 Å². The van der Waals surface area contributed by atoms with Crippen LogP contribution in [0.2, 0.25) is 0 Å². The molecule has 32 heavy (non-hydrogen) atoms. The van der Waals surface area contributed by atoms with Crippen molar-refractivity contribution in [2.24, 2.45) is 0 Å². The summed E-state index contributed by atoms with van der Waals surface area (Å²) in [7, 11) is 3.18. The molecule has 164 valence electrons. The van der Waals surface area contributed by atoms with E-state index in [0.717, 1.165) is 16.8 Å². The van der Waals surface area contributed by atoms with Gasteiger partial charge in [-0.25, -0.2) is 9.97 Å². The number of anilines is 1. The molecule has 0 bridgehead atoms. The highest BCUT2D eigenvalue weighted by molar-refractivity contribution is 6.02. The number of fused-ring (bicyclic) bond motifs is 1. The molecule has 4 heterocycles. The van der Waals surface area contributed by atoms with Crippen molar-refractivity contribution in [3.63, 3.8) is 0 Å². The highest BCUT2D eigenvalue weighted by Crippen LogP contribution is 2.20. The number of nitrogens with one attached hydrogen (secondary N) is 2. The zero-order valence-electron chi connectivity index (χ0n) is 17.7. The van der Waals surface area contributed by atoms with Gasteiger partial charge in [0.25, 0.3) is 5.91 Å². The van der Waals surface area contributed by atoms with Gasteiger partial charge in [0.15, 0.2) is 0 Å². The summed E-state index contributed by atoms with van der Waals surface area (Å²) in [5, 5.41) is 6.94. The summed E-state index contributed by atoms with van der Waals surface area (Å²) in [5.41, 5.74) is 2.97. The Kier molecular flexibility index (Phi) is 6.42. The first-order valence-electron chi connectivity index (χ1n) is 9.89. The zero-order chi connectivity index (χ0) is 22.3. The smallest absolute Gasteiger partial charge is 0.261 e. The summed E-state index contributed by atoms with van der Waals surface area (Å²) in [5.74, 6) is 0.472. The Labute approximate surface area is 184 Å². The molecule has 0 saturated carbocycles. The maximum absolute atomic E-state index is 12.7. The van der Waals surface area contributed by atoms with E-state index in [9.17, 15) is 4.79 Å². The molecule has 4 aromatic rings. The van der Waals surface area contributed by atoms with Crippen molar-refractivity contribution >= 4 is 17.5 Å². The standard InChI is InChI=1S/C22H23N7O3/c1-31-10-9-29-15-18(13-26-29)21(30)27-22-24-12-17(3-4-19(32-2)14-25-22)16-5-7-28-8-6-23-20(28)11-16/h3-8,11-15H,9-10H2,1-2H3,(H2,24,25,27,30). The van der Waals surface area contributed by atoms with E-state index in [1.54, 1.807) is 43.7 Å². The van der Waals surface area contributed by atoms with E-state index in [0.29, 0.717) is 24.5 Å². The summed E-state index contributed by atoms with van der Waals surface area (Å²) in [6.07, 6.45) is 12.0. The minimum absolute atomic E-state index is 0.247. The van der Waals surface area contributed by atoms with E-state index < -0.39 is 0 Å². The van der Waals surface area contributed by atoms with Crippen molar-refractivity contribution in [2.45, 2.75) is 6.54 Å². The summed E-state index contributed by atoms with van der Waals surface area (Å²) in [4.78, 5) is 24.4. The van der Waals surface area contributed by atoms with Crippen molar-refractivity contribution in [3.8, 4) is 16.9 Å². The molecule has 0 aromatic carbocycles. The minimum atomic E-state index is -0.340. The van der Waals surface area contributed by atoms with Crippen LogP contribution in [0.25, 0.3) is 16.8 Å². The number of pyridine rings is 1. The zero-order valence-corrected chi connectivity index (χ0v) is 17.7. The average molecular weight is 433 g/mol. The van der Waals surface area contributed by atoms with Crippen LogP contribution in [0.15, 0.2) is 67.6 Å². The van der Waals surface area contributed by atoms with E-state index in [1.165, 1.54) is 6.20 Å². The molecule has 4 aromatic heterocycles. The van der Waals surface area contributed by atoms with Crippen LogP contribution >= 0.6 is 0 Å². The molecule has 4 rings (SSSR count). The molecule has 0 aliphatic heterocycles. The number of H-pyrrole nitrogens is 1. The van der Waals surface area contributed by atoms with Gasteiger partial charge in [0, 0.05) is 49.9 Å². The van der Waals surface area contributed by atoms with Gasteiger partial charge in [-0.2, -0.15) is 5.10 Å².